The molecule has 19 heavy (non-hydrogen) atoms. The van der Waals surface area contributed by atoms with Gasteiger partial charge in [0.2, 0.25) is 0 Å². The second-order valence-electron chi connectivity index (χ2n) is 5.09. The zero-order valence-corrected chi connectivity index (χ0v) is 11.3. The summed E-state index contributed by atoms with van der Waals surface area (Å²) in [6.45, 7) is 4.41. The third-order valence-corrected chi connectivity index (χ3v) is 3.66. The molecule has 104 valence electrons. The van der Waals surface area contributed by atoms with E-state index in [0.29, 0.717) is 11.6 Å². The molecular weight excluding hydrogens is 244 g/mol. The molecular formula is C14H20N2O3. The zero-order valence-electron chi connectivity index (χ0n) is 11.3. The van der Waals surface area contributed by atoms with Crippen LogP contribution in [0.15, 0.2) is 12.1 Å². The Morgan fingerprint density at radius 1 is 1.58 bits per heavy atom. The van der Waals surface area contributed by atoms with Crippen molar-refractivity contribution in [2.24, 2.45) is 5.92 Å². The van der Waals surface area contributed by atoms with Crippen LogP contribution in [0.25, 0.3) is 0 Å². The third kappa shape index (κ3) is 2.81. The molecule has 2 rings (SSSR count). The minimum Gasteiger partial charge on any atom is -0.478 e. The van der Waals surface area contributed by atoms with Gasteiger partial charge in [0.05, 0.1) is 12.2 Å². The molecule has 1 unspecified atom stereocenters. The summed E-state index contributed by atoms with van der Waals surface area (Å²) in [4.78, 5) is 13.4. The molecule has 1 aliphatic rings. The van der Waals surface area contributed by atoms with E-state index in [2.05, 4.69) is 4.90 Å². The first-order valence-corrected chi connectivity index (χ1v) is 6.40. The highest BCUT2D eigenvalue weighted by Gasteiger charge is 2.24. The Labute approximate surface area is 113 Å². The van der Waals surface area contributed by atoms with Crippen molar-refractivity contribution in [3.63, 3.8) is 0 Å². The van der Waals surface area contributed by atoms with Gasteiger partial charge < -0.3 is 20.5 Å². The molecule has 0 bridgehead atoms. The number of nitrogens with zero attached hydrogens (tertiary/aromatic N) is 1. The van der Waals surface area contributed by atoms with Gasteiger partial charge in [-0.15, -0.1) is 0 Å². The number of hydrogen-bond acceptors (Lipinski definition) is 4. The van der Waals surface area contributed by atoms with E-state index < -0.39 is 5.97 Å². The third-order valence-electron chi connectivity index (χ3n) is 3.66. The predicted octanol–water partition coefficient (Wildman–Crippen LogP) is 1.75. The van der Waals surface area contributed by atoms with E-state index in [1.54, 1.807) is 13.2 Å². The Morgan fingerprint density at radius 3 is 2.95 bits per heavy atom. The Bertz CT molecular complexity index is 488. The van der Waals surface area contributed by atoms with Crippen molar-refractivity contribution in [2.45, 2.75) is 13.3 Å². The number of nitrogen functional groups attached to an aromatic ring is 1. The lowest BCUT2D eigenvalue weighted by Gasteiger charge is -2.20. The van der Waals surface area contributed by atoms with Crippen LogP contribution in [0.4, 0.5) is 11.4 Å². The fourth-order valence-corrected chi connectivity index (χ4v) is 2.58. The molecule has 0 amide bonds. The van der Waals surface area contributed by atoms with E-state index in [1.165, 1.54) is 0 Å². The van der Waals surface area contributed by atoms with Gasteiger partial charge in [-0.3, -0.25) is 0 Å². The smallest absolute Gasteiger partial charge is 0.337 e. The number of aromatic carboxylic acids is 1. The first-order chi connectivity index (χ1) is 9.02. The maximum atomic E-state index is 11.2. The van der Waals surface area contributed by atoms with Gasteiger partial charge in [-0.25, -0.2) is 4.79 Å². The summed E-state index contributed by atoms with van der Waals surface area (Å²) in [5.74, 6) is -0.466. The van der Waals surface area contributed by atoms with Gasteiger partial charge in [0.25, 0.3) is 0 Å². The van der Waals surface area contributed by atoms with Gasteiger partial charge in [-0.1, -0.05) is 0 Å². The molecule has 1 atom stereocenters. The molecule has 0 aromatic heterocycles. The maximum Gasteiger partial charge on any atom is 0.337 e. The van der Waals surface area contributed by atoms with Gasteiger partial charge in [-0.2, -0.15) is 0 Å². The first kappa shape index (κ1) is 13.7. The van der Waals surface area contributed by atoms with Crippen molar-refractivity contribution in [2.75, 3.05) is 37.4 Å². The van der Waals surface area contributed by atoms with Gasteiger partial charge in [0.15, 0.2) is 0 Å². The number of benzene rings is 1. The number of aryl methyl sites for hydroxylation is 1. The van der Waals surface area contributed by atoms with Gasteiger partial charge >= 0.3 is 5.97 Å². The monoisotopic (exact) mass is 264 g/mol. The average molecular weight is 264 g/mol. The molecule has 1 aliphatic heterocycles. The number of nitrogens with two attached hydrogens (primary N) is 1. The molecule has 3 N–H and O–H groups in total. The summed E-state index contributed by atoms with van der Waals surface area (Å²) in [6, 6.07) is 3.62. The second kappa shape index (κ2) is 5.48. The van der Waals surface area contributed by atoms with E-state index >= 15 is 0 Å². The molecule has 0 spiro atoms. The number of carbonyl (C=O) groups is 1. The first-order valence-electron chi connectivity index (χ1n) is 6.40. The van der Waals surface area contributed by atoms with E-state index in [4.69, 9.17) is 10.5 Å². The van der Waals surface area contributed by atoms with Crippen LogP contribution < -0.4 is 10.6 Å². The summed E-state index contributed by atoms with van der Waals surface area (Å²) in [5.41, 5.74) is 8.09. The second-order valence-corrected chi connectivity index (χ2v) is 5.09. The van der Waals surface area contributed by atoms with E-state index in [1.807, 2.05) is 13.0 Å². The highest BCUT2D eigenvalue weighted by Crippen LogP contribution is 2.29. The lowest BCUT2D eigenvalue weighted by molar-refractivity contribution is 0.0698. The molecule has 1 heterocycles. The maximum absolute atomic E-state index is 11.2. The lowest BCUT2D eigenvalue weighted by Crippen LogP contribution is -2.21. The molecule has 1 aromatic carbocycles. The minimum atomic E-state index is -0.977. The van der Waals surface area contributed by atoms with Crippen molar-refractivity contribution in [3.8, 4) is 0 Å². The van der Waals surface area contributed by atoms with E-state index in [-0.39, 0.29) is 5.56 Å². The van der Waals surface area contributed by atoms with E-state index in [0.717, 1.165) is 37.4 Å². The number of carboxylic acids is 1. The average Bonchev–Trinajstić information content (AvgIpc) is 2.81. The Balaban J connectivity index is 2.24. The number of anilines is 2. The van der Waals surface area contributed by atoms with Crippen molar-refractivity contribution >= 4 is 17.3 Å². The molecule has 1 fully saturated rings. The van der Waals surface area contributed by atoms with Crippen LogP contribution in [0, 0.1) is 12.8 Å². The fourth-order valence-electron chi connectivity index (χ4n) is 2.58. The van der Waals surface area contributed by atoms with Crippen molar-refractivity contribution < 1.29 is 14.6 Å². The van der Waals surface area contributed by atoms with Crippen molar-refractivity contribution in [1.29, 1.82) is 0 Å². The lowest BCUT2D eigenvalue weighted by atomic mass is 10.1. The van der Waals surface area contributed by atoms with Crippen molar-refractivity contribution in [1.82, 2.24) is 0 Å². The molecule has 0 aliphatic carbocycles. The highest BCUT2D eigenvalue weighted by atomic mass is 16.5. The molecule has 0 radical (unpaired) electrons. The SMILES string of the molecule is COCC1CCN(c2cc(C)c(N)c(C(=O)O)c2)C1. The minimum absolute atomic E-state index is 0.185. The highest BCUT2D eigenvalue weighted by molar-refractivity contribution is 5.95. The number of methoxy groups -OCH3 is 1. The quantitative estimate of drug-likeness (QED) is 0.810. The molecule has 1 saturated heterocycles. The van der Waals surface area contributed by atoms with Gasteiger partial charge in [0.1, 0.15) is 0 Å². The predicted molar refractivity (Wildman–Crippen MR) is 74.7 cm³/mol. The van der Waals surface area contributed by atoms with Crippen LogP contribution in [0.1, 0.15) is 22.3 Å². The Hall–Kier alpha value is -1.75. The summed E-state index contributed by atoms with van der Waals surface area (Å²) < 4.78 is 5.17. The van der Waals surface area contributed by atoms with Crippen molar-refractivity contribution in [3.05, 3.63) is 23.3 Å². The van der Waals surface area contributed by atoms with Gasteiger partial charge in [-0.05, 0) is 31.0 Å². The van der Waals surface area contributed by atoms with Crippen LogP contribution in [-0.4, -0.2) is 37.9 Å². The summed E-state index contributed by atoms with van der Waals surface area (Å²) >= 11 is 0. The van der Waals surface area contributed by atoms with Crippen LogP contribution >= 0.6 is 0 Å². The van der Waals surface area contributed by atoms with E-state index in [9.17, 15) is 9.90 Å². The van der Waals surface area contributed by atoms with Crippen LogP contribution in [-0.2, 0) is 4.74 Å². The molecule has 1 aromatic rings. The normalized spacial score (nSPS) is 18.8. The number of carboxylic acid groups (broad SMARTS) is 1. The van der Waals surface area contributed by atoms with Crippen LogP contribution in [0.3, 0.4) is 0 Å². The molecule has 5 nitrogen and oxygen atoms in total. The number of hydrogen-bond donors (Lipinski definition) is 2. The summed E-state index contributed by atoms with van der Waals surface area (Å²) in [5, 5.41) is 9.18. The molecule has 0 saturated carbocycles. The largest absolute Gasteiger partial charge is 0.478 e. The van der Waals surface area contributed by atoms with Gasteiger partial charge in [0, 0.05) is 37.5 Å². The van der Waals surface area contributed by atoms with Crippen LogP contribution in [0.2, 0.25) is 0 Å². The molecule has 5 heteroatoms. The zero-order chi connectivity index (χ0) is 14.0. The standard InChI is InChI=1S/C14H20N2O3/c1-9-5-11(6-12(13(9)15)14(17)18)16-4-3-10(7-16)8-19-2/h5-6,10H,3-4,7-8,15H2,1-2H3,(H,17,18). The Morgan fingerprint density at radius 2 is 2.32 bits per heavy atom. The summed E-state index contributed by atoms with van der Waals surface area (Å²) in [6.07, 6.45) is 1.07. The number of ether oxygens (including phenoxy) is 1. The Kier molecular flexibility index (Phi) is 3.95. The summed E-state index contributed by atoms with van der Waals surface area (Å²) in [7, 11) is 1.71. The van der Waals surface area contributed by atoms with Crippen LogP contribution in [0.5, 0.6) is 0 Å². The fraction of sp³-hybridized carbons (Fsp3) is 0.500. The topological polar surface area (TPSA) is 75.8 Å². The number of rotatable bonds is 4.